The number of benzene rings is 1. The van der Waals surface area contributed by atoms with Crippen LogP contribution in [0.15, 0.2) is 35.6 Å². The number of aromatic nitrogens is 2. The molecule has 1 aromatic carbocycles. The van der Waals surface area contributed by atoms with E-state index in [2.05, 4.69) is 69.5 Å². The quantitative estimate of drug-likeness (QED) is 0.356. The predicted octanol–water partition coefficient (Wildman–Crippen LogP) is 3.00. The van der Waals surface area contributed by atoms with Gasteiger partial charge in [0.1, 0.15) is 0 Å². The number of aliphatic imine (C=N–C) groups is 1. The van der Waals surface area contributed by atoms with Crippen LogP contribution >= 0.6 is 35.6 Å². The molecule has 0 radical (unpaired) electrons. The van der Waals surface area contributed by atoms with Gasteiger partial charge < -0.3 is 20.0 Å². The first-order valence-corrected chi connectivity index (χ1v) is 10.4. The van der Waals surface area contributed by atoms with Crippen molar-refractivity contribution in [2.24, 2.45) is 12.0 Å². The van der Waals surface area contributed by atoms with Crippen LogP contribution in [0.25, 0.3) is 0 Å². The van der Waals surface area contributed by atoms with E-state index in [1.54, 1.807) is 0 Å². The zero-order valence-corrected chi connectivity index (χ0v) is 21.6. The maximum Gasteiger partial charge on any atom is 0.193 e. The molecule has 0 amide bonds. The number of anilines is 1. The van der Waals surface area contributed by atoms with Gasteiger partial charge in [-0.25, -0.2) is 0 Å². The number of guanidine groups is 1. The normalized spacial score (nSPS) is 15.9. The molecule has 7 nitrogen and oxygen atoms in total. The fourth-order valence-corrected chi connectivity index (χ4v) is 3.98. The van der Waals surface area contributed by atoms with Gasteiger partial charge in [-0.2, -0.15) is 5.10 Å². The third-order valence-electron chi connectivity index (χ3n) is 5.49. The second-order valence-corrected chi connectivity index (χ2v) is 8.20. The first-order chi connectivity index (χ1) is 13.9. The summed E-state index contributed by atoms with van der Waals surface area (Å²) in [6.07, 6.45) is 4.00. The van der Waals surface area contributed by atoms with Gasteiger partial charge in [-0.1, -0.05) is 17.7 Å². The van der Waals surface area contributed by atoms with Gasteiger partial charge in [0.15, 0.2) is 5.96 Å². The molecule has 1 atom stereocenters. The van der Waals surface area contributed by atoms with Crippen molar-refractivity contribution >= 4 is 47.2 Å². The molecule has 0 bridgehead atoms. The lowest BCUT2D eigenvalue weighted by molar-refractivity contribution is 0.292. The van der Waals surface area contributed by atoms with Crippen molar-refractivity contribution in [1.82, 2.24) is 24.9 Å². The van der Waals surface area contributed by atoms with Crippen molar-refractivity contribution in [2.75, 3.05) is 58.8 Å². The number of likely N-dealkylation sites (N-methyl/N-ethyl adjacent to an activating group) is 1. The number of rotatable bonds is 5. The van der Waals surface area contributed by atoms with Crippen LogP contribution in [-0.2, 0) is 7.05 Å². The number of piperazine rings is 1. The standard InChI is InChI=1S/C21H32ClN7.HI/c1-16-6-7-18(22)12-19(16)28-8-10-29(11-9-28)21(23-2)24-14-20(26(3)4)17-13-25-27(5)15-17;/h6-7,12-13,15,20H,8-11,14H2,1-5H3,(H,23,24);1H. The lowest BCUT2D eigenvalue weighted by atomic mass is 10.1. The van der Waals surface area contributed by atoms with Gasteiger partial charge in [0.05, 0.1) is 12.2 Å². The van der Waals surface area contributed by atoms with Crippen LogP contribution in [0, 0.1) is 6.92 Å². The predicted molar refractivity (Wildman–Crippen MR) is 136 cm³/mol. The van der Waals surface area contributed by atoms with E-state index >= 15 is 0 Å². The minimum atomic E-state index is 0. The molecule has 2 aromatic rings. The van der Waals surface area contributed by atoms with E-state index in [1.165, 1.54) is 16.8 Å². The van der Waals surface area contributed by atoms with Gasteiger partial charge in [0.2, 0.25) is 0 Å². The number of halogens is 2. The van der Waals surface area contributed by atoms with Gasteiger partial charge in [-0.15, -0.1) is 24.0 Å². The Balaban J connectivity index is 0.00000320. The summed E-state index contributed by atoms with van der Waals surface area (Å²) in [6, 6.07) is 6.33. The van der Waals surface area contributed by atoms with Gasteiger partial charge >= 0.3 is 0 Å². The van der Waals surface area contributed by atoms with Crippen molar-refractivity contribution in [3.63, 3.8) is 0 Å². The van der Waals surface area contributed by atoms with Crippen molar-refractivity contribution in [2.45, 2.75) is 13.0 Å². The fourth-order valence-electron chi connectivity index (χ4n) is 3.81. The Morgan fingerprint density at radius 3 is 2.53 bits per heavy atom. The molecular weight excluding hydrogens is 513 g/mol. The highest BCUT2D eigenvalue weighted by atomic mass is 127. The summed E-state index contributed by atoms with van der Waals surface area (Å²) in [4.78, 5) is 11.5. The second kappa shape index (κ2) is 11.2. The Labute approximate surface area is 202 Å². The SMILES string of the molecule is CN=C(NCC(c1cnn(C)c1)N(C)C)N1CCN(c2cc(Cl)ccc2C)CC1.I. The van der Waals surface area contributed by atoms with Crippen LogP contribution in [0.4, 0.5) is 5.69 Å². The first kappa shape index (κ1) is 24.7. The molecule has 3 rings (SSSR count). The number of nitrogens with zero attached hydrogens (tertiary/aromatic N) is 6. The lowest BCUT2D eigenvalue weighted by Crippen LogP contribution is -2.53. The van der Waals surface area contributed by atoms with Crippen LogP contribution in [0.3, 0.4) is 0 Å². The molecule has 1 N–H and O–H groups in total. The van der Waals surface area contributed by atoms with E-state index < -0.39 is 0 Å². The molecule has 0 saturated carbocycles. The van der Waals surface area contributed by atoms with E-state index in [1.807, 2.05) is 31.0 Å². The molecule has 1 saturated heterocycles. The van der Waals surface area contributed by atoms with E-state index in [4.69, 9.17) is 11.6 Å². The van der Waals surface area contributed by atoms with E-state index in [0.29, 0.717) is 0 Å². The van der Waals surface area contributed by atoms with Gasteiger partial charge in [-0.05, 0) is 38.7 Å². The summed E-state index contributed by atoms with van der Waals surface area (Å²) >= 11 is 6.21. The smallest absolute Gasteiger partial charge is 0.193 e. The van der Waals surface area contributed by atoms with E-state index in [0.717, 1.165) is 43.7 Å². The summed E-state index contributed by atoms with van der Waals surface area (Å²) in [6.45, 7) is 6.65. The Kier molecular flexibility index (Phi) is 9.24. The zero-order chi connectivity index (χ0) is 21.0. The molecule has 166 valence electrons. The molecule has 1 aliphatic heterocycles. The monoisotopic (exact) mass is 545 g/mol. The average Bonchev–Trinajstić information content (AvgIpc) is 3.13. The Bertz CT molecular complexity index is 844. The Hall–Kier alpha value is -1.52. The first-order valence-electron chi connectivity index (χ1n) is 10.0. The fraction of sp³-hybridized carbons (Fsp3) is 0.524. The summed E-state index contributed by atoms with van der Waals surface area (Å²) in [5.41, 5.74) is 3.68. The van der Waals surface area contributed by atoms with E-state index in [9.17, 15) is 0 Å². The van der Waals surface area contributed by atoms with Gasteiger partial charge in [-0.3, -0.25) is 9.67 Å². The molecule has 0 aliphatic carbocycles. The van der Waals surface area contributed by atoms with Crippen molar-refractivity contribution in [3.05, 3.63) is 46.7 Å². The summed E-state index contributed by atoms with van der Waals surface area (Å²) < 4.78 is 1.84. The highest BCUT2D eigenvalue weighted by Crippen LogP contribution is 2.25. The van der Waals surface area contributed by atoms with Crippen molar-refractivity contribution in [1.29, 1.82) is 0 Å². The minimum absolute atomic E-state index is 0. The van der Waals surface area contributed by atoms with Gasteiger partial charge in [0, 0.05) is 69.3 Å². The van der Waals surface area contributed by atoms with Crippen molar-refractivity contribution in [3.8, 4) is 0 Å². The second-order valence-electron chi connectivity index (χ2n) is 7.76. The number of aryl methyl sites for hydroxylation is 2. The zero-order valence-electron chi connectivity index (χ0n) is 18.5. The Morgan fingerprint density at radius 2 is 1.97 bits per heavy atom. The molecule has 30 heavy (non-hydrogen) atoms. The molecule has 1 aromatic heterocycles. The molecule has 0 spiro atoms. The maximum absolute atomic E-state index is 6.21. The maximum atomic E-state index is 6.21. The third kappa shape index (κ3) is 6.01. The third-order valence-corrected chi connectivity index (χ3v) is 5.72. The van der Waals surface area contributed by atoms with Gasteiger partial charge in [0.25, 0.3) is 0 Å². The van der Waals surface area contributed by atoms with Crippen LogP contribution in [-0.4, -0.2) is 79.4 Å². The van der Waals surface area contributed by atoms with Crippen LogP contribution in [0.5, 0.6) is 0 Å². The summed E-state index contributed by atoms with van der Waals surface area (Å²) in [5.74, 6) is 0.947. The summed E-state index contributed by atoms with van der Waals surface area (Å²) in [5, 5.41) is 8.66. The molecular formula is C21H33ClIN7. The average molecular weight is 546 g/mol. The summed E-state index contributed by atoms with van der Waals surface area (Å²) in [7, 11) is 7.98. The Morgan fingerprint density at radius 1 is 1.27 bits per heavy atom. The lowest BCUT2D eigenvalue weighted by Gasteiger charge is -2.38. The molecule has 1 aliphatic rings. The number of hydrogen-bond acceptors (Lipinski definition) is 4. The van der Waals surface area contributed by atoms with E-state index in [-0.39, 0.29) is 30.0 Å². The van der Waals surface area contributed by atoms with Crippen LogP contribution < -0.4 is 10.2 Å². The van der Waals surface area contributed by atoms with Crippen LogP contribution in [0.2, 0.25) is 5.02 Å². The molecule has 1 unspecified atom stereocenters. The number of nitrogens with one attached hydrogen (secondary N) is 1. The number of hydrogen-bond donors (Lipinski definition) is 1. The topological polar surface area (TPSA) is 51.9 Å². The minimum Gasteiger partial charge on any atom is -0.368 e. The molecule has 1 fully saturated rings. The largest absolute Gasteiger partial charge is 0.368 e. The molecule has 9 heteroatoms. The van der Waals surface area contributed by atoms with Crippen LogP contribution in [0.1, 0.15) is 17.2 Å². The highest BCUT2D eigenvalue weighted by molar-refractivity contribution is 14.0. The molecule has 2 heterocycles. The van der Waals surface area contributed by atoms with Crippen molar-refractivity contribution < 1.29 is 0 Å². The highest BCUT2D eigenvalue weighted by Gasteiger charge is 2.22.